The molecule has 0 aliphatic heterocycles. The molecule has 2 N–H and O–H groups in total. The molecule has 4 heteroatoms. The standard InChI is InChI=1S/C13H12N2O2/c1-9-2-4-10(5-3-9)13(17)15-11-6-7-12(16)14-8-11/h2-8H,1H3,(H,14,16)(H,15,17). The van der Waals surface area contributed by atoms with Crippen LogP contribution in [-0.2, 0) is 0 Å². The molecule has 1 aromatic heterocycles. The van der Waals surface area contributed by atoms with Gasteiger partial charge in [-0.2, -0.15) is 0 Å². The summed E-state index contributed by atoms with van der Waals surface area (Å²) in [6.07, 6.45) is 1.47. The third kappa shape index (κ3) is 2.81. The van der Waals surface area contributed by atoms with Crippen LogP contribution in [0.1, 0.15) is 15.9 Å². The average Bonchev–Trinajstić information content (AvgIpc) is 2.33. The molecule has 0 spiro atoms. The number of amides is 1. The number of H-pyrrole nitrogens is 1. The summed E-state index contributed by atoms with van der Waals surface area (Å²) in [5, 5.41) is 2.70. The normalized spacial score (nSPS) is 9.94. The van der Waals surface area contributed by atoms with Gasteiger partial charge >= 0.3 is 0 Å². The SMILES string of the molecule is Cc1ccc(C(=O)Nc2ccc(=O)[nH]c2)cc1. The molecule has 2 aromatic rings. The quantitative estimate of drug-likeness (QED) is 0.825. The fourth-order valence-electron chi connectivity index (χ4n) is 1.40. The van der Waals surface area contributed by atoms with Crippen LogP contribution in [-0.4, -0.2) is 10.9 Å². The largest absolute Gasteiger partial charge is 0.327 e. The maximum Gasteiger partial charge on any atom is 0.255 e. The Labute approximate surface area is 98.3 Å². The van der Waals surface area contributed by atoms with E-state index in [0.717, 1.165) is 5.56 Å². The Morgan fingerprint density at radius 1 is 1.12 bits per heavy atom. The van der Waals surface area contributed by atoms with Gasteiger partial charge in [0.2, 0.25) is 5.56 Å². The van der Waals surface area contributed by atoms with Crippen molar-refractivity contribution in [2.24, 2.45) is 0 Å². The number of rotatable bonds is 2. The van der Waals surface area contributed by atoms with Gasteiger partial charge in [-0.1, -0.05) is 17.7 Å². The van der Waals surface area contributed by atoms with Crippen LogP contribution in [0, 0.1) is 6.92 Å². The molecule has 0 saturated carbocycles. The molecule has 1 aromatic carbocycles. The minimum atomic E-state index is -0.197. The zero-order valence-electron chi connectivity index (χ0n) is 9.36. The van der Waals surface area contributed by atoms with E-state index in [1.165, 1.54) is 12.3 Å². The van der Waals surface area contributed by atoms with Crippen LogP contribution in [0.3, 0.4) is 0 Å². The smallest absolute Gasteiger partial charge is 0.255 e. The van der Waals surface area contributed by atoms with Gasteiger partial charge in [0.05, 0.1) is 5.69 Å². The van der Waals surface area contributed by atoms with Crippen LogP contribution in [0.25, 0.3) is 0 Å². The first kappa shape index (κ1) is 11.1. The van der Waals surface area contributed by atoms with Gasteiger partial charge in [-0.3, -0.25) is 9.59 Å². The third-order valence-electron chi connectivity index (χ3n) is 2.36. The number of carbonyl (C=O) groups excluding carboxylic acids is 1. The zero-order valence-corrected chi connectivity index (χ0v) is 9.36. The summed E-state index contributed by atoms with van der Waals surface area (Å²) < 4.78 is 0. The Kier molecular flexibility index (Phi) is 3.05. The number of hydrogen-bond acceptors (Lipinski definition) is 2. The molecule has 86 valence electrons. The lowest BCUT2D eigenvalue weighted by atomic mass is 10.1. The van der Waals surface area contributed by atoms with Gasteiger partial charge < -0.3 is 10.3 Å². The van der Waals surface area contributed by atoms with Gasteiger partial charge in [0.25, 0.3) is 5.91 Å². The number of aromatic amines is 1. The Bertz CT molecular complexity index is 565. The molecule has 2 rings (SSSR count). The van der Waals surface area contributed by atoms with Crippen molar-refractivity contribution in [3.63, 3.8) is 0 Å². The zero-order chi connectivity index (χ0) is 12.3. The molecular weight excluding hydrogens is 216 g/mol. The monoisotopic (exact) mass is 228 g/mol. The Morgan fingerprint density at radius 2 is 1.82 bits per heavy atom. The number of pyridine rings is 1. The van der Waals surface area contributed by atoms with E-state index in [9.17, 15) is 9.59 Å². The summed E-state index contributed by atoms with van der Waals surface area (Å²) in [6.45, 7) is 1.96. The number of carbonyl (C=O) groups is 1. The lowest BCUT2D eigenvalue weighted by molar-refractivity contribution is 0.102. The van der Waals surface area contributed by atoms with E-state index in [1.807, 2.05) is 19.1 Å². The number of benzene rings is 1. The first-order valence-electron chi connectivity index (χ1n) is 5.22. The Balaban J connectivity index is 2.14. The van der Waals surface area contributed by atoms with Gasteiger partial charge in [-0.15, -0.1) is 0 Å². The van der Waals surface area contributed by atoms with Crippen LogP contribution < -0.4 is 10.9 Å². The van der Waals surface area contributed by atoms with Gasteiger partial charge in [-0.05, 0) is 25.1 Å². The molecule has 0 bridgehead atoms. The predicted molar refractivity (Wildman–Crippen MR) is 66.2 cm³/mol. The van der Waals surface area contributed by atoms with Crippen molar-refractivity contribution in [1.82, 2.24) is 4.98 Å². The van der Waals surface area contributed by atoms with Crippen LogP contribution in [0.4, 0.5) is 5.69 Å². The molecule has 0 aliphatic rings. The second-order valence-corrected chi connectivity index (χ2v) is 3.76. The maximum atomic E-state index is 11.8. The van der Waals surface area contributed by atoms with Crippen molar-refractivity contribution in [3.05, 3.63) is 64.1 Å². The summed E-state index contributed by atoms with van der Waals surface area (Å²) in [5.41, 5.74) is 2.06. The number of nitrogens with one attached hydrogen (secondary N) is 2. The molecular formula is C13H12N2O2. The van der Waals surface area contributed by atoms with E-state index in [-0.39, 0.29) is 11.5 Å². The molecule has 0 atom stereocenters. The number of aryl methyl sites for hydroxylation is 1. The molecule has 0 saturated heterocycles. The number of anilines is 1. The second kappa shape index (κ2) is 4.65. The highest BCUT2D eigenvalue weighted by atomic mass is 16.1. The van der Waals surface area contributed by atoms with Crippen molar-refractivity contribution in [2.45, 2.75) is 6.92 Å². The fourth-order valence-corrected chi connectivity index (χ4v) is 1.40. The minimum Gasteiger partial charge on any atom is -0.327 e. The van der Waals surface area contributed by atoms with Crippen LogP contribution in [0.2, 0.25) is 0 Å². The molecule has 1 heterocycles. The summed E-state index contributed by atoms with van der Waals surface area (Å²) in [5.74, 6) is -0.197. The second-order valence-electron chi connectivity index (χ2n) is 3.76. The minimum absolute atomic E-state index is 0.196. The Hall–Kier alpha value is -2.36. The summed E-state index contributed by atoms with van der Waals surface area (Å²) in [6, 6.07) is 10.2. The topological polar surface area (TPSA) is 62.0 Å². The van der Waals surface area contributed by atoms with E-state index in [2.05, 4.69) is 10.3 Å². The highest BCUT2D eigenvalue weighted by Crippen LogP contribution is 2.07. The summed E-state index contributed by atoms with van der Waals surface area (Å²) >= 11 is 0. The molecule has 0 unspecified atom stereocenters. The summed E-state index contributed by atoms with van der Waals surface area (Å²) in [4.78, 5) is 25.1. The van der Waals surface area contributed by atoms with Crippen LogP contribution >= 0.6 is 0 Å². The molecule has 17 heavy (non-hydrogen) atoms. The Morgan fingerprint density at radius 3 is 2.41 bits per heavy atom. The van der Waals surface area contributed by atoms with Crippen molar-refractivity contribution >= 4 is 11.6 Å². The first-order chi connectivity index (χ1) is 8.15. The van der Waals surface area contributed by atoms with E-state index in [1.54, 1.807) is 18.2 Å². The van der Waals surface area contributed by atoms with Crippen molar-refractivity contribution in [3.8, 4) is 0 Å². The molecule has 0 radical (unpaired) electrons. The van der Waals surface area contributed by atoms with E-state index < -0.39 is 0 Å². The van der Waals surface area contributed by atoms with Gasteiger partial charge in [0, 0.05) is 17.8 Å². The maximum absolute atomic E-state index is 11.8. The van der Waals surface area contributed by atoms with Gasteiger partial charge in [0.1, 0.15) is 0 Å². The highest BCUT2D eigenvalue weighted by Gasteiger charge is 2.04. The van der Waals surface area contributed by atoms with Crippen LogP contribution in [0.15, 0.2) is 47.4 Å². The summed E-state index contributed by atoms with van der Waals surface area (Å²) in [7, 11) is 0. The molecule has 4 nitrogen and oxygen atoms in total. The molecule has 0 fully saturated rings. The average molecular weight is 228 g/mol. The predicted octanol–water partition coefficient (Wildman–Crippen LogP) is 1.94. The number of aromatic nitrogens is 1. The third-order valence-corrected chi connectivity index (χ3v) is 2.36. The number of hydrogen-bond donors (Lipinski definition) is 2. The molecule has 1 amide bonds. The first-order valence-corrected chi connectivity index (χ1v) is 5.22. The van der Waals surface area contributed by atoms with E-state index in [0.29, 0.717) is 11.3 Å². The highest BCUT2D eigenvalue weighted by molar-refractivity contribution is 6.04. The van der Waals surface area contributed by atoms with Crippen molar-refractivity contribution < 1.29 is 4.79 Å². The van der Waals surface area contributed by atoms with Crippen molar-refractivity contribution in [2.75, 3.05) is 5.32 Å². The lowest BCUT2D eigenvalue weighted by Gasteiger charge is -2.04. The van der Waals surface area contributed by atoms with Gasteiger partial charge in [-0.25, -0.2) is 0 Å². The van der Waals surface area contributed by atoms with Crippen molar-refractivity contribution in [1.29, 1.82) is 0 Å². The van der Waals surface area contributed by atoms with Gasteiger partial charge in [0.15, 0.2) is 0 Å². The van der Waals surface area contributed by atoms with Crippen LogP contribution in [0.5, 0.6) is 0 Å². The van der Waals surface area contributed by atoms with E-state index >= 15 is 0 Å². The lowest BCUT2D eigenvalue weighted by Crippen LogP contribution is -2.13. The van der Waals surface area contributed by atoms with E-state index in [4.69, 9.17) is 0 Å². The fraction of sp³-hybridized carbons (Fsp3) is 0.0769. The molecule has 0 aliphatic carbocycles.